The van der Waals surface area contributed by atoms with Crippen molar-refractivity contribution < 1.29 is 0 Å². The molecule has 184 valence electrons. The molecule has 0 aromatic carbocycles. The molecule has 31 heavy (non-hydrogen) atoms. The van der Waals surface area contributed by atoms with Crippen LogP contribution in [0.1, 0.15) is 78.6 Å². The third kappa shape index (κ3) is 23.0. The molecule has 0 aromatic heterocycles. The highest BCUT2D eigenvalue weighted by Gasteiger charge is 2.20. The summed E-state index contributed by atoms with van der Waals surface area (Å²) >= 11 is 0. The topological polar surface area (TPSA) is 125 Å². The molecule has 8 N–H and O–H groups in total. The summed E-state index contributed by atoms with van der Waals surface area (Å²) in [7, 11) is 0. The van der Waals surface area contributed by atoms with E-state index in [1.165, 1.54) is 44.9 Å². The molecule has 0 aromatic rings. The number of unbranched alkanes of at least 4 members (excludes halogenated alkanes) is 4. The molecule has 0 heterocycles. The van der Waals surface area contributed by atoms with E-state index in [9.17, 15) is 0 Å². The van der Waals surface area contributed by atoms with Crippen LogP contribution >= 0.6 is 0 Å². The van der Waals surface area contributed by atoms with Crippen LogP contribution < -0.4 is 32.7 Å². The largest absolute Gasteiger partial charge is 0.370 e. The third-order valence-electron chi connectivity index (χ3n) is 4.91. The highest BCUT2D eigenvalue weighted by atomic mass is 15.1. The number of guanidine groups is 2. The van der Waals surface area contributed by atoms with E-state index in [2.05, 4.69) is 31.3 Å². The molecule has 8 heteroatoms. The number of aliphatic imine (C=N–C) groups is 2. The average Bonchev–Trinajstić information content (AvgIpc) is 3.60. The van der Waals surface area contributed by atoms with Gasteiger partial charge in [0.2, 0.25) is 0 Å². The zero-order valence-electron chi connectivity index (χ0n) is 20.6. The van der Waals surface area contributed by atoms with Gasteiger partial charge in [-0.1, -0.05) is 33.1 Å². The van der Waals surface area contributed by atoms with Crippen LogP contribution in [0.15, 0.2) is 9.98 Å². The first-order chi connectivity index (χ1) is 15.2. The van der Waals surface area contributed by atoms with Crippen LogP contribution in [0.25, 0.3) is 0 Å². The Bertz CT molecular complexity index is 435. The van der Waals surface area contributed by atoms with E-state index >= 15 is 0 Å². The maximum Gasteiger partial charge on any atom is 0.188 e. The number of nitrogens with two attached hydrogens (primary N) is 2. The Balaban J connectivity index is 0.00000436. The van der Waals surface area contributed by atoms with Crippen molar-refractivity contribution in [2.75, 3.05) is 52.4 Å². The molecule has 1 rings (SSSR count). The number of rotatable bonds is 19. The van der Waals surface area contributed by atoms with Crippen LogP contribution in [0.2, 0.25) is 0 Å². The van der Waals surface area contributed by atoms with E-state index in [-0.39, 0.29) is 0 Å². The lowest BCUT2D eigenvalue weighted by Gasteiger charge is -2.07. The molecule has 1 saturated carbocycles. The molecule has 1 aliphatic rings. The van der Waals surface area contributed by atoms with Crippen molar-refractivity contribution in [3.63, 3.8) is 0 Å². The van der Waals surface area contributed by atoms with Gasteiger partial charge in [-0.2, -0.15) is 0 Å². The summed E-state index contributed by atoms with van der Waals surface area (Å²) in [5.74, 6) is 1.96. The van der Waals surface area contributed by atoms with Crippen molar-refractivity contribution in [1.29, 1.82) is 0 Å². The van der Waals surface area contributed by atoms with E-state index in [1.54, 1.807) is 0 Å². The molecule has 0 aliphatic heterocycles. The lowest BCUT2D eigenvalue weighted by atomic mass is 10.1. The minimum Gasteiger partial charge on any atom is -0.370 e. The van der Waals surface area contributed by atoms with E-state index in [1.807, 2.05) is 20.8 Å². The third-order valence-corrected chi connectivity index (χ3v) is 4.91. The first-order valence-corrected chi connectivity index (χ1v) is 12.7. The Hall–Kier alpha value is -1.54. The van der Waals surface area contributed by atoms with Crippen molar-refractivity contribution in [3.05, 3.63) is 0 Å². The molecule has 0 saturated heterocycles. The molecular formula is C23H52N8. The summed E-state index contributed by atoms with van der Waals surface area (Å²) in [6.07, 6.45) is 11.2. The quantitative estimate of drug-likeness (QED) is 0.104. The summed E-state index contributed by atoms with van der Waals surface area (Å²) in [5.41, 5.74) is 11.5. The maximum atomic E-state index is 5.83. The molecule has 0 atom stereocenters. The first-order valence-electron chi connectivity index (χ1n) is 12.7. The standard InChI is InChI=1S/C21H46N8.C2H6/c1-2-26-20(22)27-16-8-14-24-12-6-4-3-5-7-13-25-15-9-17-28-21(23)29-18-19-10-11-19;1-2/h19,24-25H,2-18H2,1H3,(H3,22,26,27)(H3,23,28,29);1-2H3. The summed E-state index contributed by atoms with van der Waals surface area (Å²) in [4.78, 5) is 8.61. The van der Waals surface area contributed by atoms with Gasteiger partial charge in [0.15, 0.2) is 11.9 Å². The molecule has 0 bridgehead atoms. The Kier molecular flexibility index (Phi) is 22.0. The second kappa shape index (κ2) is 23.1. The van der Waals surface area contributed by atoms with Crippen LogP contribution in [0.3, 0.4) is 0 Å². The second-order valence-corrected chi connectivity index (χ2v) is 7.87. The van der Waals surface area contributed by atoms with E-state index in [4.69, 9.17) is 11.5 Å². The summed E-state index contributed by atoms with van der Waals surface area (Å²) < 4.78 is 0. The van der Waals surface area contributed by atoms with Gasteiger partial charge in [-0.15, -0.1) is 0 Å². The van der Waals surface area contributed by atoms with Crippen molar-refractivity contribution in [2.45, 2.75) is 78.6 Å². The molecule has 0 amide bonds. The van der Waals surface area contributed by atoms with Gasteiger partial charge in [-0.25, -0.2) is 0 Å². The smallest absolute Gasteiger partial charge is 0.188 e. The Labute approximate surface area is 191 Å². The van der Waals surface area contributed by atoms with Gasteiger partial charge < -0.3 is 32.7 Å². The molecule has 0 unspecified atom stereocenters. The molecule has 1 fully saturated rings. The minimum atomic E-state index is 0.553. The van der Waals surface area contributed by atoms with Gasteiger partial charge >= 0.3 is 0 Å². The predicted molar refractivity (Wildman–Crippen MR) is 137 cm³/mol. The Morgan fingerprint density at radius 2 is 1.26 bits per heavy atom. The summed E-state index contributed by atoms with van der Waals surface area (Å²) in [5, 5.41) is 13.2. The zero-order chi connectivity index (χ0) is 23.0. The van der Waals surface area contributed by atoms with Gasteiger partial charge in [0.1, 0.15) is 0 Å². The lowest BCUT2D eigenvalue weighted by molar-refractivity contribution is 0.548. The molecular weight excluding hydrogens is 388 g/mol. The average molecular weight is 441 g/mol. The highest BCUT2D eigenvalue weighted by molar-refractivity contribution is 5.78. The van der Waals surface area contributed by atoms with E-state index in [0.29, 0.717) is 11.9 Å². The number of hydrogen-bond donors (Lipinski definition) is 6. The van der Waals surface area contributed by atoms with Crippen LogP contribution in [0.4, 0.5) is 0 Å². The van der Waals surface area contributed by atoms with Gasteiger partial charge in [0.25, 0.3) is 0 Å². The van der Waals surface area contributed by atoms with E-state index < -0.39 is 0 Å². The Morgan fingerprint density at radius 1 is 0.710 bits per heavy atom. The van der Waals surface area contributed by atoms with Gasteiger partial charge in [-0.05, 0) is 77.5 Å². The van der Waals surface area contributed by atoms with Crippen LogP contribution in [0, 0.1) is 5.92 Å². The fraction of sp³-hybridized carbons (Fsp3) is 0.913. The first kappa shape index (κ1) is 29.5. The lowest BCUT2D eigenvalue weighted by Crippen LogP contribution is -2.34. The van der Waals surface area contributed by atoms with Gasteiger partial charge in [-0.3, -0.25) is 9.98 Å². The fourth-order valence-corrected chi connectivity index (χ4v) is 2.93. The highest BCUT2D eigenvalue weighted by Crippen LogP contribution is 2.28. The molecule has 8 nitrogen and oxygen atoms in total. The minimum absolute atomic E-state index is 0.553. The predicted octanol–water partition coefficient (Wildman–Crippen LogP) is 2.16. The van der Waals surface area contributed by atoms with Crippen LogP contribution in [-0.4, -0.2) is 64.3 Å². The molecule has 0 radical (unpaired) electrons. The van der Waals surface area contributed by atoms with Crippen molar-refractivity contribution in [1.82, 2.24) is 21.3 Å². The molecule has 1 aliphatic carbocycles. The number of hydrogen-bond acceptors (Lipinski definition) is 4. The van der Waals surface area contributed by atoms with E-state index in [0.717, 1.165) is 71.1 Å². The monoisotopic (exact) mass is 440 g/mol. The van der Waals surface area contributed by atoms with Crippen molar-refractivity contribution in [3.8, 4) is 0 Å². The van der Waals surface area contributed by atoms with Gasteiger partial charge in [0, 0.05) is 26.2 Å². The number of nitrogens with one attached hydrogen (secondary N) is 4. The van der Waals surface area contributed by atoms with Gasteiger partial charge in [0.05, 0.1) is 0 Å². The maximum absolute atomic E-state index is 5.83. The Morgan fingerprint density at radius 3 is 1.87 bits per heavy atom. The summed E-state index contributed by atoms with van der Waals surface area (Å²) in [6.45, 7) is 13.7. The van der Waals surface area contributed by atoms with Crippen LogP contribution in [-0.2, 0) is 0 Å². The van der Waals surface area contributed by atoms with Crippen molar-refractivity contribution in [2.24, 2.45) is 27.4 Å². The summed E-state index contributed by atoms with van der Waals surface area (Å²) in [6, 6.07) is 0. The van der Waals surface area contributed by atoms with Crippen LogP contribution in [0.5, 0.6) is 0 Å². The zero-order valence-corrected chi connectivity index (χ0v) is 20.6. The SMILES string of the molecule is CC.CCNC(N)=NCCCNCCCCCCCNCCCNC(N)=NCC1CC1. The fourth-order valence-electron chi connectivity index (χ4n) is 2.93. The normalized spacial score (nSPS) is 14.2. The van der Waals surface area contributed by atoms with Crippen molar-refractivity contribution >= 4 is 11.9 Å². The molecule has 0 spiro atoms. The number of nitrogens with zero attached hydrogens (tertiary/aromatic N) is 2. The second-order valence-electron chi connectivity index (χ2n) is 7.87.